The first kappa shape index (κ1) is 10.8. The molecule has 0 rings (SSSR count). The minimum atomic E-state index is -1.10. The van der Waals surface area contributed by atoms with Gasteiger partial charge < -0.3 is 4.74 Å². The highest BCUT2D eigenvalue weighted by molar-refractivity contribution is 5.80. The number of esters is 1. The summed E-state index contributed by atoms with van der Waals surface area (Å²) >= 11 is 0. The summed E-state index contributed by atoms with van der Waals surface area (Å²) in [6.07, 6.45) is 0.969. The van der Waals surface area contributed by atoms with E-state index in [1.807, 2.05) is 0 Å². The fraction of sp³-hybridized carbons (Fsp3) is 0.500. The van der Waals surface area contributed by atoms with Crippen LogP contribution in [0.5, 0.6) is 0 Å². The zero-order chi connectivity index (χ0) is 9.78. The first-order valence-electron chi connectivity index (χ1n) is 3.36. The fourth-order valence-electron chi connectivity index (χ4n) is 0.701. The summed E-state index contributed by atoms with van der Waals surface area (Å²) in [5, 5.41) is 0. The van der Waals surface area contributed by atoms with Crippen molar-refractivity contribution in [2.45, 2.75) is 13.8 Å². The van der Waals surface area contributed by atoms with Gasteiger partial charge in [0.1, 0.15) is 0 Å². The van der Waals surface area contributed by atoms with E-state index in [1.165, 1.54) is 21.0 Å². The average molecular weight is 174 g/mol. The molecule has 0 spiro atoms. The number of carbonyl (C=O) groups is 2. The molecule has 0 heterocycles. The molecule has 0 saturated carbocycles. The van der Waals surface area contributed by atoms with Crippen LogP contribution in [-0.2, 0) is 14.3 Å². The number of aldehydes is 1. The van der Waals surface area contributed by atoms with Crippen LogP contribution in [0.4, 0.5) is 4.39 Å². The number of allylic oxidation sites excluding steroid dienone is 1. The van der Waals surface area contributed by atoms with Crippen molar-refractivity contribution in [2.75, 3.05) is 7.11 Å². The molecule has 0 saturated heterocycles. The van der Waals surface area contributed by atoms with Crippen LogP contribution in [0.15, 0.2) is 11.9 Å². The van der Waals surface area contributed by atoms with Crippen LogP contribution in [0.25, 0.3) is 0 Å². The molecular formula is C8H11FO3. The SMILES string of the molecule is COC(=O)C(C)(C)/C=C(\F)C=O. The number of ether oxygens (including phenoxy) is 1. The lowest BCUT2D eigenvalue weighted by atomic mass is 9.93. The quantitative estimate of drug-likeness (QED) is 0.367. The lowest BCUT2D eigenvalue weighted by Gasteiger charge is -2.15. The third-order valence-corrected chi connectivity index (χ3v) is 1.32. The van der Waals surface area contributed by atoms with Gasteiger partial charge in [0.2, 0.25) is 0 Å². The maximum atomic E-state index is 12.4. The van der Waals surface area contributed by atoms with E-state index in [4.69, 9.17) is 0 Å². The smallest absolute Gasteiger partial charge is 0.315 e. The van der Waals surface area contributed by atoms with Crippen molar-refractivity contribution in [1.29, 1.82) is 0 Å². The van der Waals surface area contributed by atoms with E-state index in [-0.39, 0.29) is 6.29 Å². The molecule has 0 bridgehead atoms. The standard InChI is InChI=1S/C8H11FO3/c1-8(2,7(11)12-3)4-6(9)5-10/h4-5H,1-3H3/b6-4-. The van der Waals surface area contributed by atoms with Gasteiger partial charge in [0, 0.05) is 0 Å². The maximum Gasteiger partial charge on any atom is 0.315 e. The van der Waals surface area contributed by atoms with Gasteiger partial charge in [-0.25, -0.2) is 4.39 Å². The van der Waals surface area contributed by atoms with Crippen molar-refractivity contribution in [3.63, 3.8) is 0 Å². The lowest BCUT2D eigenvalue weighted by Crippen LogP contribution is -2.23. The Kier molecular flexibility index (Phi) is 3.60. The summed E-state index contributed by atoms with van der Waals surface area (Å²) in [6.45, 7) is 2.92. The molecule has 0 unspecified atom stereocenters. The largest absolute Gasteiger partial charge is 0.468 e. The summed E-state index contributed by atoms with van der Waals surface area (Å²) < 4.78 is 16.8. The minimum Gasteiger partial charge on any atom is -0.468 e. The van der Waals surface area contributed by atoms with Crippen LogP contribution in [0.3, 0.4) is 0 Å². The third kappa shape index (κ3) is 2.82. The molecule has 0 aliphatic carbocycles. The second-order valence-corrected chi connectivity index (χ2v) is 2.86. The summed E-state index contributed by atoms with van der Waals surface area (Å²) in [5.41, 5.74) is -1.10. The molecule has 3 nitrogen and oxygen atoms in total. The Bertz CT molecular complexity index is 218. The summed E-state index contributed by atoms with van der Waals surface area (Å²) in [4.78, 5) is 20.8. The van der Waals surface area contributed by atoms with E-state index in [2.05, 4.69) is 4.74 Å². The molecule has 0 N–H and O–H groups in total. The van der Waals surface area contributed by atoms with Gasteiger partial charge in [-0.3, -0.25) is 9.59 Å². The maximum absolute atomic E-state index is 12.4. The molecule has 0 fully saturated rings. The van der Waals surface area contributed by atoms with E-state index in [1.54, 1.807) is 0 Å². The molecular weight excluding hydrogens is 163 g/mol. The molecule has 0 amide bonds. The van der Waals surface area contributed by atoms with Gasteiger partial charge in [-0.2, -0.15) is 0 Å². The monoisotopic (exact) mass is 174 g/mol. The van der Waals surface area contributed by atoms with Crippen molar-refractivity contribution in [2.24, 2.45) is 5.41 Å². The number of rotatable bonds is 3. The van der Waals surface area contributed by atoms with E-state index in [9.17, 15) is 14.0 Å². The Morgan fingerprint density at radius 2 is 2.00 bits per heavy atom. The van der Waals surface area contributed by atoms with E-state index >= 15 is 0 Å². The highest BCUT2D eigenvalue weighted by Gasteiger charge is 2.26. The van der Waals surface area contributed by atoms with E-state index in [0.717, 1.165) is 6.08 Å². The average Bonchev–Trinajstić information content (AvgIpc) is 2.02. The molecule has 0 aromatic heterocycles. The second-order valence-electron chi connectivity index (χ2n) is 2.86. The van der Waals surface area contributed by atoms with Gasteiger partial charge in [0.15, 0.2) is 12.1 Å². The molecule has 0 aliphatic rings. The van der Waals surface area contributed by atoms with Gasteiger partial charge in [-0.15, -0.1) is 0 Å². The van der Waals surface area contributed by atoms with Crippen molar-refractivity contribution in [3.05, 3.63) is 11.9 Å². The predicted octanol–water partition coefficient (Wildman–Crippen LogP) is 1.24. The van der Waals surface area contributed by atoms with Crippen LogP contribution >= 0.6 is 0 Å². The van der Waals surface area contributed by atoms with Crippen molar-refractivity contribution in [3.8, 4) is 0 Å². The van der Waals surface area contributed by atoms with Gasteiger partial charge in [0.25, 0.3) is 0 Å². The Morgan fingerprint density at radius 3 is 2.33 bits per heavy atom. The third-order valence-electron chi connectivity index (χ3n) is 1.32. The highest BCUT2D eigenvalue weighted by Crippen LogP contribution is 2.20. The molecule has 0 radical (unpaired) electrons. The summed E-state index contributed by atoms with van der Waals surface area (Å²) in [6, 6.07) is 0. The topological polar surface area (TPSA) is 43.4 Å². The Morgan fingerprint density at radius 1 is 1.50 bits per heavy atom. The predicted molar refractivity (Wildman–Crippen MR) is 41.1 cm³/mol. The van der Waals surface area contributed by atoms with Crippen LogP contribution in [0, 0.1) is 5.41 Å². The van der Waals surface area contributed by atoms with Crippen molar-refractivity contribution in [1.82, 2.24) is 0 Å². The number of methoxy groups -OCH3 is 1. The van der Waals surface area contributed by atoms with Crippen LogP contribution in [0.1, 0.15) is 13.8 Å². The first-order valence-corrected chi connectivity index (χ1v) is 3.36. The molecule has 0 atom stereocenters. The van der Waals surface area contributed by atoms with E-state index < -0.39 is 17.2 Å². The Labute approximate surface area is 70.2 Å². The molecule has 0 aliphatic heterocycles. The second kappa shape index (κ2) is 3.99. The van der Waals surface area contributed by atoms with Crippen molar-refractivity contribution >= 4 is 12.3 Å². The van der Waals surface area contributed by atoms with E-state index in [0.29, 0.717) is 0 Å². The lowest BCUT2D eigenvalue weighted by molar-refractivity contribution is -0.148. The summed E-state index contributed by atoms with van der Waals surface area (Å²) in [7, 11) is 1.21. The normalized spacial score (nSPS) is 12.5. The Hall–Kier alpha value is -1.19. The molecule has 0 aromatic rings. The Balaban J connectivity index is 4.62. The number of carbonyl (C=O) groups excluding carboxylic acids is 2. The van der Waals surface area contributed by atoms with Gasteiger partial charge in [-0.05, 0) is 19.9 Å². The molecule has 4 heteroatoms. The van der Waals surface area contributed by atoms with Crippen molar-refractivity contribution < 1.29 is 18.7 Å². The minimum absolute atomic E-state index is 0.0463. The van der Waals surface area contributed by atoms with Gasteiger partial charge in [-0.1, -0.05) is 0 Å². The van der Waals surface area contributed by atoms with Gasteiger partial charge in [0.05, 0.1) is 12.5 Å². The molecule has 12 heavy (non-hydrogen) atoms. The van der Waals surface area contributed by atoms with Crippen LogP contribution in [-0.4, -0.2) is 19.4 Å². The zero-order valence-corrected chi connectivity index (χ0v) is 7.26. The highest BCUT2D eigenvalue weighted by atomic mass is 19.1. The first-order chi connectivity index (χ1) is 5.44. The molecule has 68 valence electrons. The van der Waals surface area contributed by atoms with Gasteiger partial charge >= 0.3 is 5.97 Å². The van der Waals surface area contributed by atoms with Crippen LogP contribution < -0.4 is 0 Å². The number of hydrogen-bond acceptors (Lipinski definition) is 3. The summed E-state index contributed by atoms with van der Waals surface area (Å²) in [5.74, 6) is -1.55. The fourth-order valence-corrected chi connectivity index (χ4v) is 0.701. The van der Waals surface area contributed by atoms with Crippen LogP contribution in [0.2, 0.25) is 0 Å². The molecule has 0 aromatic carbocycles. The number of hydrogen-bond donors (Lipinski definition) is 0. The zero-order valence-electron chi connectivity index (χ0n) is 7.26. The number of halogens is 1.